The number of carbonyl (C=O) groups excluding carboxylic acids is 1. The highest BCUT2D eigenvalue weighted by Crippen LogP contribution is 2.27. The number of carbonyl (C=O) groups is 1. The van der Waals surface area contributed by atoms with E-state index in [0.717, 1.165) is 5.69 Å². The van der Waals surface area contributed by atoms with Crippen LogP contribution in [0.25, 0.3) is 0 Å². The number of pyridine rings is 1. The van der Waals surface area contributed by atoms with Gasteiger partial charge in [-0.1, -0.05) is 18.2 Å². The number of aromatic hydroxyl groups is 1. The van der Waals surface area contributed by atoms with E-state index in [1.807, 2.05) is 18.2 Å². The molecule has 1 aromatic heterocycles. The van der Waals surface area contributed by atoms with E-state index in [-0.39, 0.29) is 11.7 Å². The van der Waals surface area contributed by atoms with Crippen LogP contribution in [0.3, 0.4) is 0 Å². The average molecular weight is 283 g/mol. The lowest BCUT2D eigenvalue weighted by atomic mass is 10.2. The smallest absolute Gasteiger partial charge is 0.272 e. The number of benzene rings is 1. The molecule has 0 bridgehead atoms. The van der Waals surface area contributed by atoms with E-state index in [0.29, 0.717) is 31.9 Å². The standard InChI is InChI=1S/C16H17N3O2/c20-15-7-2-1-6-14(15)18-9-11-19(12-10-18)16(21)13-5-3-4-8-17-13/h1-8,20H,9-12H2. The van der Waals surface area contributed by atoms with Crippen molar-refractivity contribution in [1.29, 1.82) is 0 Å². The van der Waals surface area contributed by atoms with Gasteiger partial charge in [0, 0.05) is 32.4 Å². The summed E-state index contributed by atoms with van der Waals surface area (Å²) in [6, 6.07) is 12.6. The summed E-state index contributed by atoms with van der Waals surface area (Å²) in [5.41, 5.74) is 1.30. The van der Waals surface area contributed by atoms with E-state index in [4.69, 9.17) is 0 Å². The Bertz CT molecular complexity index is 622. The van der Waals surface area contributed by atoms with Gasteiger partial charge in [0.25, 0.3) is 5.91 Å². The number of hydrogen-bond acceptors (Lipinski definition) is 4. The Labute approximate surface area is 123 Å². The second-order valence-corrected chi connectivity index (χ2v) is 4.98. The number of rotatable bonds is 2. The number of anilines is 1. The quantitative estimate of drug-likeness (QED) is 0.912. The van der Waals surface area contributed by atoms with Crippen molar-refractivity contribution in [2.75, 3.05) is 31.1 Å². The number of aromatic nitrogens is 1. The summed E-state index contributed by atoms with van der Waals surface area (Å²) < 4.78 is 0. The van der Waals surface area contributed by atoms with Crippen LogP contribution in [0.4, 0.5) is 5.69 Å². The van der Waals surface area contributed by atoms with Gasteiger partial charge in [0.05, 0.1) is 5.69 Å². The molecular formula is C16H17N3O2. The monoisotopic (exact) mass is 283 g/mol. The van der Waals surface area contributed by atoms with Gasteiger partial charge < -0.3 is 14.9 Å². The molecule has 21 heavy (non-hydrogen) atoms. The Hall–Kier alpha value is -2.56. The lowest BCUT2D eigenvalue weighted by Crippen LogP contribution is -2.49. The van der Waals surface area contributed by atoms with Gasteiger partial charge in [0.15, 0.2) is 0 Å². The molecule has 0 atom stereocenters. The Kier molecular flexibility index (Phi) is 3.73. The fourth-order valence-electron chi connectivity index (χ4n) is 2.53. The van der Waals surface area contributed by atoms with Gasteiger partial charge in [-0.2, -0.15) is 0 Å². The minimum atomic E-state index is -0.0347. The fraction of sp³-hybridized carbons (Fsp3) is 0.250. The minimum Gasteiger partial charge on any atom is -0.506 e. The van der Waals surface area contributed by atoms with Gasteiger partial charge >= 0.3 is 0 Å². The third kappa shape index (κ3) is 2.81. The van der Waals surface area contributed by atoms with E-state index in [1.54, 1.807) is 35.4 Å². The van der Waals surface area contributed by atoms with Gasteiger partial charge in [-0.05, 0) is 24.3 Å². The van der Waals surface area contributed by atoms with E-state index in [2.05, 4.69) is 9.88 Å². The maximum absolute atomic E-state index is 12.3. The lowest BCUT2D eigenvalue weighted by Gasteiger charge is -2.36. The molecule has 0 radical (unpaired) electrons. The maximum atomic E-state index is 12.3. The summed E-state index contributed by atoms with van der Waals surface area (Å²) in [6.07, 6.45) is 1.63. The molecule has 1 saturated heterocycles. The van der Waals surface area contributed by atoms with Crippen molar-refractivity contribution in [3.63, 3.8) is 0 Å². The van der Waals surface area contributed by atoms with Crippen molar-refractivity contribution in [2.24, 2.45) is 0 Å². The van der Waals surface area contributed by atoms with Gasteiger partial charge in [-0.25, -0.2) is 0 Å². The number of phenols is 1. The largest absolute Gasteiger partial charge is 0.506 e. The number of amides is 1. The molecule has 108 valence electrons. The summed E-state index contributed by atoms with van der Waals surface area (Å²) in [4.78, 5) is 20.3. The van der Waals surface area contributed by atoms with E-state index < -0.39 is 0 Å². The van der Waals surface area contributed by atoms with Gasteiger partial charge in [0.2, 0.25) is 0 Å². The molecule has 0 aliphatic carbocycles. The molecule has 0 saturated carbocycles. The lowest BCUT2D eigenvalue weighted by molar-refractivity contribution is 0.0741. The van der Waals surface area contributed by atoms with E-state index in [9.17, 15) is 9.90 Å². The molecule has 1 fully saturated rings. The highest BCUT2D eigenvalue weighted by Gasteiger charge is 2.23. The third-order valence-corrected chi connectivity index (χ3v) is 3.67. The normalized spacial score (nSPS) is 15.0. The summed E-state index contributed by atoms with van der Waals surface area (Å²) in [5, 5.41) is 9.88. The Balaban J connectivity index is 1.66. The van der Waals surface area contributed by atoms with Crippen molar-refractivity contribution < 1.29 is 9.90 Å². The predicted octanol–water partition coefficient (Wildman–Crippen LogP) is 1.75. The molecule has 1 aromatic carbocycles. The molecule has 2 aromatic rings. The SMILES string of the molecule is O=C(c1ccccn1)N1CCN(c2ccccc2O)CC1. The molecular weight excluding hydrogens is 266 g/mol. The van der Waals surface area contributed by atoms with Gasteiger partial charge in [-0.3, -0.25) is 9.78 Å². The molecule has 3 rings (SSSR count). The first kappa shape index (κ1) is 13.4. The van der Waals surface area contributed by atoms with Gasteiger partial charge in [0.1, 0.15) is 11.4 Å². The summed E-state index contributed by atoms with van der Waals surface area (Å²) in [7, 11) is 0. The van der Waals surface area contributed by atoms with Crippen molar-refractivity contribution >= 4 is 11.6 Å². The molecule has 5 nitrogen and oxygen atoms in total. The first-order valence-corrected chi connectivity index (χ1v) is 6.99. The van der Waals surface area contributed by atoms with Gasteiger partial charge in [-0.15, -0.1) is 0 Å². The van der Waals surface area contributed by atoms with Crippen molar-refractivity contribution in [3.05, 3.63) is 54.4 Å². The fourth-order valence-corrected chi connectivity index (χ4v) is 2.53. The number of hydrogen-bond donors (Lipinski definition) is 1. The average Bonchev–Trinajstić information content (AvgIpc) is 2.56. The molecule has 1 amide bonds. The zero-order valence-corrected chi connectivity index (χ0v) is 11.6. The molecule has 5 heteroatoms. The van der Waals surface area contributed by atoms with Crippen LogP contribution in [-0.2, 0) is 0 Å². The third-order valence-electron chi connectivity index (χ3n) is 3.67. The molecule has 0 spiro atoms. The van der Waals surface area contributed by atoms with Crippen molar-refractivity contribution in [1.82, 2.24) is 9.88 Å². The first-order chi connectivity index (χ1) is 10.3. The van der Waals surface area contributed by atoms with Crippen LogP contribution in [0.5, 0.6) is 5.75 Å². The summed E-state index contributed by atoms with van der Waals surface area (Å²) in [5.74, 6) is 0.245. The van der Waals surface area contributed by atoms with E-state index >= 15 is 0 Å². The maximum Gasteiger partial charge on any atom is 0.272 e. The summed E-state index contributed by atoms with van der Waals surface area (Å²) >= 11 is 0. The molecule has 1 N–H and O–H groups in total. The second kappa shape index (κ2) is 5.83. The van der Waals surface area contributed by atoms with Crippen LogP contribution in [0.1, 0.15) is 10.5 Å². The van der Waals surface area contributed by atoms with Crippen LogP contribution in [0.2, 0.25) is 0 Å². The number of nitrogens with zero attached hydrogens (tertiary/aromatic N) is 3. The van der Waals surface area contributed by atoms with E-state index in [1.165, 1.54) is 0 Å². The minimum absolute atomic E-state index is 0.0347. The number of phenolic OH excluding ortho intramolecular Hbond substituents is 1. The van der Waals surface area contributed by atoms with Crippen LogP contribution in [0, 0.1) is 0 Å². The summed E-state index contributed by atoms with van der Waals surface area (Å²) in [6.45, 7) is 2.67. The molecule has 1 aliphatic rings. The number of para-hydroxylation sites is 2. The van der Waals surface area contributed by atoms with Crippen molar-refractivity contribution in [2.45, 2.75) is 0 Å². The zero-order valence-electron chi connectivity index (χ0n) is 11.6. The van der Waals surface area contributed by atoms with Crippen LogP contribution in [0.15, 0.2) is 48.7 Å². The zero-order chi connectivity index (χ0) is 14.7. The predicted molar refractivity (Wildman–Crippen MR) is 80.5 cm³/mol. The molecule has 0 unspecified atom stereocenters. The van der Waals surface area contributed by atoms with Crippen LogP contribution in [-0.4, -0.2) is 47.1 Å². The highest BCUT2D eigenvalue weighted by molar-refractivity contribution is 5.92. The molecule has 1 aliphatic heterocycles. The highest BCUT2D eigenvalue weighted by atomic mass is 16.3. The second-order valence-electron chi connectivity index (χ2n) is 4.98. The first-order valence-electron chi connectivity index (χ1n) is 6.99. The Morgan fingerprint density at radius 1 is 1.00 bits per heavy atom. The van der Waals surface area contributed by atoms with Crippen LogP contribution < -0.4 is 4.90 Å². The van der Waals surface area contributed by atoms with Crippen LogP contribution >= 0.6 is 0 Å². The molecule has 2 heterocycles. The number of piperazine rings is 1. The Morgan fingerprint density at radius 2 is 1.71 bits per heavy atom. The Morgan fingerprint density at radius 3 is 2.38 bits per heavy atom. The topological polar surface area (TPSA) is 56.7 Å². The van der Waals surface area contributed by atoms with Crippen molar-refractivity contribution in [3.8, 4) is 5.75 Å².